The number of benzene rings is 1. The van der Waals surface area contributed by atoms with E-state index in [0.29, 0.717) is 12.4 Å². The Morgan fingerprint density at radius 3 is 2.73 bits per heavy atom. The van der Waals surface area contributed by atoms with E-state index in [1.807, 2.05) is 13.8 Å². The topological polar surface area (TPSA) is 60.2 Å². The van der Waals surface area contributed by atoms with Crippen LogP contribution < -0.4 is 10.1 Å². The van der Waals surface area contributed by atoms with Crippen LogP contribution in [0, 0.1) is 0 Å². The largest absolute Gasteiger partial charge is 0.492 e. The molecule has 5 nitrogen and oxygen atoms in total. The lowest BCUT2D eigenvalue weighted by molar-refractivity contribution is -0.137. The van der Waals surface area contributed by atoms with Gasteiger partial charge in [0.05, 0.1) is 12.1 Å². The van der Waals surface area contributed by atoms with Crippen LogP contribution in [0.25, 0.3) is 0 Å². The molecule has 0 aliphatic rings. The van der Waals surface area contributed by atoms with E-state index < -0.39 is 11.7 Å². The van der Waals surface area contributed by atoms with Crippen LogP contribution in [0.5, 0.6) is 5.75 Å². The van der Waals surface area contributed by atoms with E-state index in [-0.39, 0.29) is 24.3 Å². The fourth-order valence-electron chi connectivity index (χ4n) is 1.63. The third-order valence-electron chi connectivity index (χ3n) is 2.77. The molecule has 2 aromatic rings. The van der Waals surface area contributed by atoms with E-state index >= 15 is 0 Å². The van der Waals surface area contributed by atoms with E-state index in [1.54, 1.807) is 0 Å². The molecule has 0 spiro atoms. The molecule has 0 radical (unpaired) electrons. The quantitative estimate of drug-likeness (QED) is 0.824. The fourth-order valence-corrected chi connectivity index (χ4v) is 1.63. The average Bonchev–Trinajstić information content (AvgIpc) is 2.92. The number of nitrogens with zero attached hydrogens (tertiary/aromatic N) is 2. The van der Waals surface area contributed by atoms with Gasteiger partial charge in [-0.05, 0) is 18.2 Å². The van der Waals surface area contributed by atoms with E-state index in [0.717, 1.165) is 12.1 Å². The van der Waals surface area contributed by atoms with Crippen molar-refractivity contribution in [3.8, 4) is 5.75 Å². The molecule has 0 fully saturated rings. The molecule has 8 heteroatoms. The third kappa shape index (κ3) is 4.37. The Kier molecular flexibility index (Phi) is 4.89. The number of anilines is 1. The Labute approximate surface area is 125 Å². The zero-order valence-electron chi connectivity index (χ0n) is 12.1. The van der Waals surface area contributed by atoms with Crippen molar-refractivity contribution in [1.29, 1.82) is 0 Å². The Morgan fingerprint density at radius 1 is 1.32 bits per heavy atom. The van der Waals surface area contributed by atoms with E-state index in [9.17, 15) is 13.2 Å². The number of nitrogens with one attached hydrogen (secondary N) is 1. The first-order valence-electron chi connectivity index (χ1n) is 6.74. The maximum absolute atomic E-state index is 12.5. The molecule has 0 amide bonds. The first kappa shape index (κ1) is 16.1. The highest BCUT2D eigenvalue weighted by molar-refractivity contribution is 5.30. The molecule has 0 unspecified atom stereocenters. The summed E-state index contributed by atoms with van der Waals surface area (Å²) < 4.78 is 47.9. The van der Waals surface area contributed by atoms with Crippen LogP contribution in [0.4, 0.5) is 19.2 Å². The minimum absolute atomic E-state index is 0.153. The Hall–Kier alpha value is -2.25. The monoisotopic (exact) mass is 315 g/mol. The van der Waals surface area contributed by atoms with E-state index in [2.05, 4.69) is 15.5 Å². The van der Waals surface area contributed by atoms with Crippen molar-refractivity contribution in [2.75, 3.05) is 18.5 Å². The highest BCUT2D eigenvalue weighted by Crippen LogP contribution is 2.31. The first-order chi connectivity index (χ1) is 10.4. The zero-order chi connectivity index (χ0) is 16.2. The number of ether oxygens (including phenoxy) is 1. The standard InChI is InChI=1S/C14H16F3N3O2/c1-9(2)12-19-13(22-20-12)18-6-7-21-11-5-3-4-10(8-11)14(15,16)17/h3-5,8-9H,6-7H2,1-2H3,(H,18,19,20). The number of alkyl halides is 3. The van der Waals surface area contributed by atoms with E-state index in [1.165, 1.54) is 12.1 Å². The Morgan fingerprint density at radius 2 is 2.09 bits per heavy atom. The average molecular weight is 315 g/mol. The highest BCUT2D eigenvalue weighted by atomic mass is 19.4. The number of halogens is 3. The van der Waals surface area contributed by atoms with Crippen LogP contribution in [-0.4, -0.2) is 23.3 Å². The summed E-state index contributed by atoms with van der Waals surface area (Å²) in [7, 11) is 0. The van der Waals surface area contributed by atoms with E-state index in [4.69, 9.17) is 9.26 Å². The summed E-state index contributed by atoms with van der Waals surface area (Å²) in [5.41, 5.74) is -0.739. The summed E-state index contributed by atoms with van der Waals surface area (Å²) in [4.78, 5) is 4.11. The molecule has 120 valence electrons. The van der Waals surface area contributed by atoms with Crippen LogP contribution in [-0.2, 0) is 6.18 Å². The van der Waals surface area contributed by atoms with Gasteiger partial charge in [0.2, 0.25) is 0 Å². The van der Waals surface area contributed by atoms with Gasteiger partial charge in [-0.2, -0.15) is 18.2 Å². The lowest BCUT2D eigenvalue weighted by Gasteiger charge is -2.10. The summed E-state index contributed by atoms with van der Waals surface area (Å²) in [6.45, 7) is 4.37. The van der Waals surface area contributed by atoms with Gasteiger partial charge in [-0.3, -0.25) is 0 Å². The molecular weight excluding hydrogens is 299 g/mol. The molecule has 1 heterocycles. The van der Waals surface area contributed by atoms with Gasteiger partial charge in [0.15, 0.2) is 5.82 Å². The van der Waals surface area contributed by atoms with Crippen LogP contribution in [0.1, 0.15) is 31.2 Å². The maximum atomic E-state index is 12.5. The second-order valence-electron chi connectivity index (χ2n) is 4.91. The SMILES string of the molecule is CC(C)c1noc(NCCOc2cccc(C(F)(F)F)c2)n1. The predicted molar refractivity (Wildman–Crippen MR) is 73.8 cm³/mol. The number of rotatable bonds is 6. The molecule has 0 saturated heterocycles. The van der Waals surface area contributed by atoms with Crippen LogP contribution in [0.3, 0.4) is 0 Å². The lowest BCUT2D eigenvalue weighted by Crippen LogP contribution is -2.12. The summed E-state index contributed by atoms with van der Waals surface area (Å²) in [5, 5.41) is 6.62. The molecule has 0 aliphatic carbocycles. The van der Waals surface area contributed by atoms with Gasteiger partial charge < -0.3 is 14.6 Å². The summed E-state index contributed by atoms with van der Waals surface area (Å²) in [5.74, 6) is 0.895. The van der Waals surface area contributed by atoms with Crippen molar-refractivity contribution >= 4 is 6.01 Å². The Bertz CT molecular complexity index is 611. The van der Waals surface area contributed by atoms with Crippen LogP contribution >= 0.6 is 0 Å². The lowest BCUT2D eigenvalue weighted by atomic mass is 10.2. The molecule has 2 rings (SSSR count). The molecule has 22 heavy (non-hydrogen) atoms. The zero-order valence-corrected chi connectivity index (χ0v) is 12.1. The van der Waals surface area contributed by atoms with Gasteiger partial charge in [-0.25, -0.2) is 0 Å². The molecule has 0 aliphatic heterocycles. The molecule has 0 saturated carbocycles. The molecule has 1 N–H and O–H groups in total. The Balaban J connectivity index is 1.81. The van der Waals surface area contributed by atoms with Crippen molar-refractivity contribution in [1.82, 2.24) is 10.1 Å². The minimum Gasteiger partial charge on any atom is -0.492 e. The second-order valence-corrected chi connectivity index (χ2v) is 4.91. The van der Waals surface area contributed by atoms with Gasteiger partial charge >= 0.3 is 12.2 Å². The number of hydrogen-bond donors (Lipinski definition) is 1. The van der Waals surface area contributed by atoms with Gasteiger partial charge in [-0.1, -0.05) is 25.1 Å². The van der Waals surface area contributed by atoms with Crippen molar-refractivity contribution in [3.05, 3.63) is 35.7 Å². The van der Waals surface area contributed by atoms with Gasteiger partial charge in [0.25, 0.3) is 0 Å². The third-order valence-corrected chi connectivity index (χ3v) is 2.77. The van der Waals surface area contributed by atoms with Crippen molar-refractivity contribution in [3.63, 3.8) is 0 Å². The minimum atomic E-state index is -4.38. The fraction of sp³-hybridized carbons (Fsp3) is 0.429. The van der Waals surface area contributed by atoms with Crippen molar-refractivity contribution in [2.24, 2.45) is 0 Å². The molecular formula is C14H16F3N3O2. The first-order valence-corrected chi connectivity index (χ1v) is 6.74. The summed E-state index contributed by atoms with van der Waals surface area (Å²) in [6, 6.07) is 4.99. The smallest absolute Gasteiger partial charge is 0.416 e. The second kappa shape index (κ2) is 6.67. The van der Waals surface area contributed by atoms with Crippen molar-refractivity contribution < 1.29 is 22.4 Å². The van der Waals surface area contributed by atoms with Gasteiger partial charge in [0, 0.05) is 5.92 Å². The molecule has 0 bridgehead atoms. The summed E-state index contributed by atoms with van der Waals surface area (Å²) in [6.07, 6.45) is -4.38. The number of hydrogen-bond acceptors (Lipinski definition) is 5. The molecule has 1 aromatic heterocycles. The van der Waals surface area contributed by atoms with Gasteiger partial charge in [-0.15, -0.1) is 0 Å². The molecule has 1 aromatic carbocycles. The van der Waals surface area contributed by atoms with Crippen molar-refractivity contribution in [2.45, 2.75) is 25.9 Å². The van der Waals surface area contributed by atoms with Gasteiger partial charge in [0.1, 0.15) is 12.4 Å². The van der Waals surface area contributed by atoms with Crippen LogP contribution in [0.2, 0.25) is 0 Å². The number of aromatic nitrogens is 2. The highest BCUT2D eigenvalue weighted by Gasteiger charge is 2.30. The maximum Gasteiger partial charge on any atom is 0.416 e. The van der Waals surface area contributed by atoms with Crippen LogP contribution in [0.15, 0.2) is 28.8 Å². The normalized spacial score (nSPS) is 11.7. The molecule has 0 atom stereocenters. The summed E-state index contributed by atoms with van der Waals surface area (Å²) >= 11 is 0. The predicted octanol–water partition coefficient (Wildman–Crippen LogP) is 3.70.